The minimum atomic E-state index is 0.742. The molecule has 1 aromatic rings. The van der Waals surface area contributed by atoms with Gasteiger partial charge in [0.2, 0.25) is 0 Å². The molecule has 0 radical (unpaired) electrons. The van der Waals surface area contributed by atoms with Gasteiger partial charge in [-0.2, -0.15) is 0 Å². The van der Waals surface area contributed by atoms with Crippen LogP contribution in [0.5, 0.6) is 0 Å². The van der Waals surface area contributed by atoms with E-state index in [1.165, 1.54) is 56.3 Å². The van der Waals surface area contributed by atoms with Crippen LogP contribution in [0.4, 0.5) is 5.69 Å². The second-order valence-corrected chi connectivity index (χ2v) is 6.64. The SMILES string of the molecule is CCCCN(c1ccc(Cl)cc1CNC1CC1)C1CC1. The number of hydrogen-bond acceptors (Lipinski definition) is 2. The van der Waals surface area contributed by atoms with Crippen LogP contribution in [0, 0.1) is 0 Å². The Bertz CT molecular complexity index is 452. The number of halogens is 1. The van der Waals surface area contributed by atoms with Crippen LogP contribution in [0.25, 0.3) is 0 Å². The van der Waals surface area contributed by atoms with E-state index in [4.69, 9.17) is 11.6 Å². The zero-order valence-electron chi connectivity index (χ0n) is 12.4. The molecule has 0 atom stereocenters. The third-order valence-electron chi connectivity index (χ3n) is 4.25. The average Bonchev–Trinajstić information content (AvgIpc) is 3.32. The lowest BCUT2D eigenvalue weighted by molar-refractivity contribution is 0.673. The Balaban J connectivity index is 1.77. The summed E-state index contributed by atoms with van der Waals surface area (Å²) in [7, 11) is 0. The van der Waals surface area contributed by atoms with Gasteiger partial charge in [-0.05, 0) is 55.9 Å². The molecule has 0 amide bonds. The van der Waals surface area contributed by atoms with E-state index in [1.807, 2.05) is 6.07 Å². The summed E-state index contributed by atoms with van der Waals surface area (Å²) in [6.45, 7) is 4.40. The van der Waals surface area contributed by atoms with Crippen molar-refractivity contribution in [2.45, 2.75) is 64.1 Å². The Kier molecular flexibility index (Phi) is 4.52. The normalized spacial score (nSPS) is 18.3. The van der Waals surface area contributed by atoms with Crippen LogP contribution >= 0.6 is 11.6 Å². The summed E-state index contributed by atoms with van der Waals surface area (Å²) in [5, 5.41) is 4.48. The number of hydrogen-bond donors (Lipinski definition) is 1. The van der Waals surface area contributed by atoms with Gasteiger partial charge in [0.25, 0.3) is 0 Å². The van der Waals surface area contributed by atoms with Crippen molar-refractivity contribution in [2.24, 2.45) is 0 Å². The van der Waals surface area contributed by atoms with Gasteiger partial charge >= 0.3 is 0 Å². The summed E-state index contributed by atoms with van der Waals surface area (Å²) < 4.78 is 0. The zero-order valence-corrected chi connectivity index (χ0v) is 13.1. The van der Waals surface area contributed by atoms with E-state index >= 15 is 0 Å². The molecule has 0 bridgehead atoms. The molecule has 2 aliphatic rings. The van der Waals surface area contributed by atoms with Gasteiger partial charge in [-0.3, -0.25) is 0 Å². The van der Waals surface area contributed by atoms with Crippen molar-refractivity contribution in [3.8, 4) is 0 Å². The molecule has 0 heterocycles. The van der Waals surface area contributed by atoms with E-state index in [1.54, 1.807) is 0 Å². The molecule has 2 fully saturated rings. The van der Waals surface area contributed by atoms with Crippen LogP contribution in [-0.2, 0) is 6.54 Å². The van der Waals surface area contributed by atoms with Crippen molar-refractivity contribution < 1.29 is 0 Å². The first-order valence-corrected chi connectivity index (χ1v) is 8.44. The first-order valence-electron chi connectivity index (χ1n) is 8.06. The summed E-state index contributed by atoms with van der Waals surface area (Å²) in [4.78, 5) is 2.61. The van der Waals surface area contributed by atoms with Gasteiger partial charge in [0, 0.05) is 35.9 Å². The molecule has 1 N–H and O–H groups in total. The second kappa shape index (κ2) is 6.36. The Morgan fingerprint density at radius 1 is 1.25 bits per heavy atom. The standard InChI is InChI=1S/C17H25ClN2/c1-2-3-10-20(16-7-8-16)17-9-4-14(18)11-13(17)12-19-15-5-6-15/h4,9,11,15-16,19H,2-3,5-8,10,12H2,1H3. The first kappa shape index (κ1) is 14.2. The molecule has 2 saturated carbocycles. The van der Waals surface area contributed by atoms with Crippen LogP contribution < -0.4 is 10.2 Å². The molecule has 0 aliphatic heterocycles. The molecule has 3 rings (SSSR count). The fourth-order valence-electron chi connectivity index (χ4n) is 2.73. The summed E-state index contributed by atoms with van der Waals surface area (Å²) in [6.07, 6.45) is 7.89. The van der Waals surface area contributed by atoms with Crippen molar-refractivity contribution in [1.82, 2.24) is 5.32 Å². The fraction of sp³-hybridized carbons (Fsp3) is 0.647. The Labute approximate surface area is 127 Å². The Morgan fingerprint density at radius 2 is 2.05 bits per heavy atom. The lowest BCUT2D eigenvalue weighted by Gasteiger charge is -2.27. The number of unbranched alkanes of at least 4 members (excludes halogenated alkanes) is 1. The number of nitrogens with one attached hydrogen (secondary N) is 1. The monoisotopic (exact) mass is 292 g/mol. The van der Waals surface area contributed by atoms with Crippen LogP contribution in [0.2, 0.25) is 5.02 Å². The Hall–Kier alpha value is -0.730. The van der Waals surface area contributed by atoms with Crippen molar-refractivity contribution in [2.75, 3.05) is 11.4 Å². The van der Waals surface area contributed by atoms with Gasteiger partial charge in [-0.25, -0.2) is 0 Å². The minimum absolute atomic E-state index is 0.742. The topological polar surface area (TPSA) is 15.3 Å². The third-order valence-corrected chi connectivity index (χ3v) is 4.48. The lowest BCUT2D eigenvalue weighted by atomic mass is 10.1. The molecule has 0 spiro atoms. The molecule has 3 heteroatoms. The first-order chi connectivity index (χ1) is 9.78. The van der Waals surface area contributed by atoms with Crippen LogP contribution in [0.15, 0.2) is 18.2 Å². The van der Waals surface area contributed by atoms with Crippen LogP contribution in [0.1, 0.15) is 51.0 Å². The molecule has 0 saturated heterocycles. The highest BCUT2D eigenvalue weighted by Gasteiger charge is 2.30. The van der Waals surface area contributed by atoms with E-state index in [0.717, 1.165) is 23.7 Å². The van der Waals surface area contributed by atoms with Gasteiger partial charge in [-0.1, -0.05) is 24.9 Å². The quantitative estimate of drug-likeness (QED) is 0.766. The molecule has 2 nitrogen and oxygen atoms in total. The molecule has 0 unspecified atom stereocenters. The molecule has 20 heavy (non-hydrogen) atoms. The number of rotatable bonds is 8. The minimum Gasteiger partial charge on any atom is -0.368 e. The van der Waals surface area contributed by atoms with Gasteiger partial charge in [0.1, 0.15) is 0 Å². The summed E-state index contributed by atoms with van der Waals surface area (Å²) in [5.41, 5.74) is 2.77. The smallest absolute Gasteiger partial charge is 0.0415 e. The Morgan fingerprint density at radius 3 is 2.70 bits per heavy atom. The highest BCUT2D eigenvalue weighted by atomic mass is 35.5. The van der Waals surface area contributed by atoms with E-state index in [-0.39, 0.29) is 0 Å². The van der Waals surface area contributed by atoms with Crippen molar-refractivity contribution in [3.05, 3.63) is 28.8 Å². The molecular weight excluding hydrogens is 268 g/mol. The summed E-state index contributed by atoms with van der Waals surface area (Å²) in [5.74, 6) is 0. The summed E-state index contributed by atoms with van der Waals surface area (Å²) >= 11 is 6.21. The molecule has 2 aliphatic carbocycles. The van der Waals surface area contributed by atoms with Crippen LogP contribution in [-0.4, -0.2) is 18.6 Å². The van der Waals surface area contributed by atoms with Gasteiger partial charge < -0.3 is 10.2 Å². The second-order valence-electron chi connectivity index (χ2n) is 6.21. The molecule has 0 aromatic heterocycles. The molecular formula is C17H25ClN2. The van der Waals surface area contributed by atoms with Gasteiger partial charge in [-0.15, -0.1) is 0 Å². The van der Waals surface area contributed by atoms with Gasteiger partial charge in [0.05, 0.1) is 0 Å². The van der Waals surface area contributed by atoms with Crippen LogP contribution in [0.3, 0.4) is 0 Å². The van der Waals surface area contributed by atoms with E-state index < -0.39 is 0 Å². The van der Waals surface area contributed by atoms with Gasteiger partial charge in [0.15, 0.2) is 0 Å². The van der Waals surface area contributed by atoms with E-state index in [9.17, 15) is 0 Å². The highest BCUT2D eigenvalue weighted by molar-refractivity contribution is 6.30. The molecule has 110 valence electrons. The predicted octanol–water partition coefficient (Wildman–Crippen LogP) is 4.36. The highest BCUT2D eigenvalue weighted by Crippen LogP contribution is 2.35. The predicted molar refractivity (Wildman–Crippen MR) is 86.6 cm³/mol. The maximum Gasteiger partial charge on any atom is 0.0415 e. The fourth-order valence-corrected chi connectivity index (χ4v) is 2.93. The molecule has 1 aromatic carbocycles. The van der Waals surface area contributed by atoms with Crippen molar-refractivity contribution in [3.63, 3.8) is 0 Å². The average molecular weight is 293 g/mol. The van der Waals surface area contributed by atoms with E-state index in [0.29, 0.717) is 0 Å². The van der Waals surface area contributed by atoms with Crippen molar-refractivity contribution in [1.29, 1.82) is 0 Å². The zero-order chi connectivity index (χ0) is 13.9. The maximum atomic E-state index is 6.21. The third kappa shape index (κ3) is 3.67. The lowest BCUT2D eigenvalue weighted by Crippen LogP contribution is -2.29. The number of anilines is 1. The van der Waals surface area contributed by atoms with E-state index in [2.05, 4.69) is 29.3 Å². The number of benzene rings is 1. The maximum absolute atomic E-state index is 6.21. The van der Waals surface area contributed by atoms with Crippen molar-refractivity contribution >= 4 is 17.3 Å². The number of nitrogens with zero attached hydrogens (tertiary/aromatic N) is 1. The largest absolute Gasteiger partial charge is 0.368 e. The summed E-state index contributed by atoms with van der Waals surface area (Å²) in [6, 6.07) is 7.92.